The third-order valence-electron chi connectivity index (χ3n) is 5.25. The molecule has 0 radical (unpaired) electrons. The first-order chi connectivity index (χ1) is 12.0. The first kappa shape index (κ1) is 16.1. The maximum Gasteiger partial charge on any atom is 0.274 e. The van der Waals surface area contributed by atoms with E-state index < -0.39 is 0 Å². The lowest BCUT2D eigenvalue weighted by atomic mass is 9.83. The molecule has 2 bridgehead atoms. The predicted molar refractivity (Wildman–Crippen MR) is 94.6 cm³/mol. The number of fused-ring (bicyclic) bond motifs is 4. The summed E-state index contributed by atoms with van der Waals surface area (Å²) in [7, 11) is 0. The summed E-state index contributed by atoms with van der Waals surface area (Å²) in [5, 5.41) is 7.21. The minimum Gasteiger partial charge on any atom is -0.336 e. The number of hydrogen-bond acceptors (Lipinski definition) is 3. The molecule has 132 valence electrons. The fourth-order valence-electron chi connectivity index (χ4n) is 4.24. The molecule has 25 heavy (non-hydrogen) atoms. The van der Waals surface area contributed by atoms with Crippen LogP contribution < -0.4 is 5.56 Å². The second-order valence-corrected chi connectivity index (χ2v) is 7.78. The van der Waals surface area contributed by atoms with Crippen LogP contribution in [0.4, 0.5) is 0 Å². The molecule has 2 aliphatic heterocycles. The van der Waals surface area contributed by atoms with Gasteiger partial charge in [0.1, 0.15) is 5.69 Å². The van der Waals surface area contributed by atoms with Gasteiger partial charge < -0.3 is 9.47 Å². The van der Waals surface area contributed by atoms with Gasteiger partial charge in [0.15, 0.2) is 0 Å². The number of piperidine rings is 1. The van der Waals surface area contributed by atoms with Gasteiger partial charge >= 0.3 is 0 Å². The number of hydrogen-bond donors (Lipinski definition) is 1. The SMILES string of the molecule is CC(C)Cc1cc(C(=O)N2C[C@@H]3C[C@H](C2)c2cccc(=O)n2C3)n[nH]1. The summed E-state index contributed by atoms with van der Waals surface area (Å²) in [4.78, 5) is 26.9. The molecular weight excluding hydrogens is 316 g/mol. The van der Waals surface area contributed by atoms with E-state index in [1.54, 1.807) is 6.07 Å². The third-order valence-corrected chi connectivity index (χ3v) is 5.25. The minimum atomic E-state index is -0.00677. The van der Waals surface area contributed by atoms with E-state index in [4.69, 9.17) is 0 Å². The topological polar surface area (TPSA) is 71.0 Å². The van der Waals surface area contributed by atoms with Crippen LogP contribution in [-0.4, -0.2) is 38.7 Å². The van der Waals surface area contributed by atoms with Crippen LogP contribution >= 0.6 is 0 Å². The smallest absolute Gasteiger partial charge is 0.274 e. The Morgan fingerprint density at radius 1 is 1.32 bits per heavy atom. The third kappa shape index (κ3) is 3.01. The van der Waals surface area contributed by atoms with Crippen LogP contribution in [0.2, 0.25) is 0 Å². The molecule has 1 fully saturated rings. The number of carbonyl (C=O) groups excluding carboxylic acids is 1. The molecule has 0 unspecified atom stereocenters. The lowest BCUT2D eigenvalue weighted by molar-refractivity contribution is 0.0588. The number of aromatic amines is 1. The van der Waals surface area contributed by atoms with Crippen LogP contribution in [0, 0.1) is 11.8 Å². The molecule has 4 heterocycles. The van der Waals surface area contributed by atoms with Crippen molar-refractivity contribution in [3.05, 3.63) is 51.7 Å². The highest BCUT2D eigenvalue weighted by atomic mass is 16.2. The zero-order chi connectivity index (χ0) is 17.6. The Kier molecular flexibility index (Phi) is 3.98. The fourth-order valence-corrected chi connectivity index (χ4v) is 4.24. The number of likely N-dealkylation sites (tertiary alicyclic amines) is 1. The summed E-state index contributed by atoms with van der Waals surface area (Å²) < 4.78 is 1.88. The fraction of sp³-hybridized carbons (Fsp3) is 0.526. The number of rotatable bonds is 3. The van der Waals surface area contributed by atoms with Gasteiger partial charge in [-0.1, -0.05) is 19.9 Å². The summed E-state index contributed by atoms with van der Waals surface area (Å²) >= 11 is 0. The van der Waals surface area contributed by atoms with Crippen molar-refractivity contribution >= 4 is 5.91 Å². The van der Waals surface area contributed by atoms with Gasteiger partial charge in [0.2, 0.25) is 0 Å². The van der Waals surface area contributed by atoms with Crippen LogP contribution in [-0.2, 0) is 13.0 Å². The molecule has 0 aliphatic carbocycles. The van der Waals surface area contributed by atoms with Crippen LogP contribution in [0.1, 0.15) is 48.1 Å². The van der Waals surface area contributed by atoms with Crippen LogP contribution in [0.15, 0.2) is 29.1 Å². The van der Waals surface area contributed by atoms with Crippen molar-refractivity contribution < 1.29 is 4.79 Å². The molecule has 1 saturated heterocycles. The van der Waals surface area contributed by atoms with E-state index in [1.165, 1.54) is 0 Å². The van der Waals surface area contributed by atoms with Crippen molar-refractivity contribution in [1.29, 1.82) is 0 Å². The molecule has 0 aromatic carbocycles. The highest BCUT2D eigenvalue weighted by molar-refractivity contribution is 5.92. The Hall–Kier alpha value is -2.37. The predicted octanol–water partition coefficient (Wildman–Crippen LogP) is 2.03. The summed E-state index contributed by atoms with van der Waals surface area (Å²) in [5.41, 5.74) is 2.63. The average molecular weight is 340 g/mol. The Bertz CT molecular complexity index is 851. The number of nitrogens with zero attached hydrogens (tertiary/aromatic N) is 3. The Morgan fingerprint density at radius 3 is 2.96 bits per heavy atom. The van der Waals surface area contributed by atoms with Gasteiger partial charge in [0.05, 0.1) is 0 Å². The zero-order valence-electron chi connectivity index (χ0n) is 14.7. The minimum absolute atomic E-state index is 0.00677. The standard InChI is InChI=1S/C19H24N4O2/c1-12(2)6-15-8-16(21-20-15)19(25)22-9-13-7-14(11-22)17-4-3-5-18(24)23(17)10-13/h3-5,8,12-14H,6-7,9-11H2,1-2H3,(H,20,21)/t13-,14+/m0/s1. The maximum absolute atomic E-state index is 12.9. The van der Waals surface area contributed by atoms with E-state index in [2.05, 4.69) is 24.0 Å². The second kappa shape index (κ2) is 6.17. The number of carbonyl (C=O) groups is 1. The maximum atomic E-state index is 12.9. The Labute approximate surface area is 146 Å². The van der Waals surface area contributed by atoms with E-state index in [-0.39, 0.29) is 17.4 Å². The van der Waals surface area contributed by atoms with E-state index in [0.29, 0.717) is 37.2 Å². The van der Waals surface area contributed by atoms with E-state index >= 15 is 0 Å². The molecule has 0 spiro atoms. The van der Waals surface area contributed by atoms with Gasteiger partial charge in [-0.15, -0.1) is 0 Å². The highest BCUT2D eigenvalue weighted by Crippen LogP contribution is 2.35. The van der Waals surface area contributed by atoms with Gasteiger partial charge in [-0.05, 0) is 36.8 Å². The molecular formula is C19H24N4O2. The second-order valence-electron chi connectivity index (χ2n) is 7.78. The lowest BCUT2D eigenvalue weighted by Gasteiger charge is -2.42. The van der Waals surface area contributed by atoms with Crippen molar-refractivity contribution in [3.63, 3.8) is 0 Å². The van der Waals surface area contributed by atoms with Gasteiger partial charge in [0, 0.05) is 43.0 Å². The molecule has 1 amide bonds. The van der Waals surface area contributed by atoms with Gasteiger partial charge in [-0.3, -0.25) is 14.7 Å². The molecule has 2 aromatic heterocycles. The zero-order valence-corrected chi connectivity index (χ0v) is 14.7. The summed E-state index contributed by atoms with van der Waals surface area (Å²) in [5.74, 6) is 1.09. The highest BCUT2D eigenvalue weighted by Gasteiger charge is 2.36. The normalized spacial score (nSPS) is 22.1. The van der Waals surface area contributed by atoms with Crippen molar-refractivity contribution in [2.45, 2.75) is 39.2 Å². The first-order valence-corrected chi connectivity index (χ1v) is 9.04. The van der Waals surface area contributed by atoms with Crippen LogP contribution in [0.5, 0.6) is 0 Å². The van der Waals surface area contributed by atoms with Crippen LogP contribution in [0.3, 0.4) is 0 Å². The number of nitrogens with one attached hydrogen (secondary N) is 1. The molecule has 4 rings (SSSR count). The van der Waals surface area contributed by atoms with Gasteiger partial charge in [-0.25, -0.2) is 0 Å². The molecule has 1 N–H and O–H groups in total. The average Bonchev–Trinajstić information content (AvgIpc) is 3.03. The quantitative estimate of drug-likeness (QED) is 0.929. The van der Waals surface area contributed by atoms with Crippen molar-refractivity contribution in [3.8, 4) is 0 Å². The van der Waals surface area contributed by atoms with Crippen LogP contribution in [0.25, 0.3) is 0 Å². The van der Waals surface area contributed by atoms with Gasteiger partial charge in [0.25, 0.3) is 11.5 Å². The number of aromatic nitrogens is 3. The van der Waals surface area contributed by atoms with E-state index in [9.17, 15) is 9.59 Å². The molecule has 2 atom stereocenters. The molecule has 2 aliphatic rings. The molecule has 6 heteroatoms. The Balaban J connectivity index is 1.55. The monoisotopic (exact) mass is 340 g/mol. The lowest BCUT2D eigenvalue weighted by Crippen LogP contribution is -2.49. The summed E-state index contributed by atoms with van der Waals surface area (Å²) in [6.07, 6.45) is 1.94. The van der Waals surface area contributed by atoms with Crippen molar-refractivity contribution in [1.82, 2.24) is 19.7 Å². The molecule has 6 nitrogen and oxygen atoms in total. The Morgan fingerprint density at radius 2 is 2.16 bits per heavy atom. The molecule has 0 saturated carbocycles. The molecule has 2 aromatic rings. The summed E-state index contributed by atoms with van der Waals surface area (Å²) in [6, 6.07) is 7.34. The largest absolute Gasteiger partial charge is 0.336 e. The number of H-pyrrole nitrogens is 1. The number of amides is 1. The number of pyridine rings is 1. The van der Waals surface area contributed by atoms with Crippen molar-refractivity contribution in [2.24, 2.45) is 11.8 Å². The van der Waals surface area contributed by atoms with E-state index in [1.807, 2.05) is 27.7 Å². The first-order valence-electron chi connectivity index (χ1n) is 9.04. The summed E-state index contributed by atoms with van der Waals surface area (Å²) in [6.45, 7) is 6.35. The van der Waals surface area contributed by atoms with Crippen molar-refractivity contribution in [2.75, 3.05) is 13.1 Å². The van der Waals surface area contributed by atoms with Gasteiger partial charge in [-0.2, -0.15) is 5.10 Å². The van der Waals surface area contributed by atoms with E-state index in [0.717, 1.165) is 24.2 Å².